The highest BCUT2D eigenvalue weighted by Crippen LogP contribution is 1.93. The normalized spacial score (nSPS) is 9.25. The Labute approximate surface area is 71.2 Å². The molecule has 0 aromatic rings. The summed E-state index contributed by atoms with van der Waals surface area (Å²) < 4.78 is 4.57. The molecule has 0 aliphatic rings. The van der Waals surface area contributed by atoms with E-state index in [2.05, 4.69) is 9.57 Å². The van der Waals surface area contributed by atoms with E-state index in [0.717, 1.165) is 5.06 Å². The summed E-state index contributed by atoms with van der Waals surface area (Å²) in [6.07, 6.45) is -0.280. The molecule has 0 spiro atoms. The van der Waals surface area contributed by atoms with E-state index in [-0.39, 0.29) is 13.0 Å². The highest BCUT2D eigenvalue weighted by atomic mass is 16.7. The molecule has 0 heterocycles. The third kappa shape index (κ3) is 3.92. The van der Waals surface area contributed by atoms with Crippen molar-refractivity contribution in [3.63, 3.8) is 0 Å². The van der Waals surface area contributed by atoms with Crippen LogP contribution in [0.2, 0.25) is 0 Å². The van der Waals surface area contributed by atoms with Gasteiger partial charge in [0.25, 0.3) is 5.91 Å². The topological polar surface area (TPSA) is 55.8 Å². The highest BCUT2D eigenvalue weighted by molar-refractivity contribution is 5.93. The van der Waals surface area contributed by atoms with Crippen LogP contribution in [0, 0.1) is 0 Å². The van der Waals surface area contributed by atoms with Crippen LogP contribution < -0.4 is 0 Å². The number of hydrogen-bond acceptors (Lipinski definition) is 4. The van der Waals surface area contributed by atoms with Crippen LogP contribution >= 0.6 is 0 Å². The third-order valence-corrected chi connectivity index (χ3v) is 1.23. The van der Waals surface area contributed by atoms with E-state index in [4.69, 9.17) is 0 Å². The first kappa shape index (κ1) is 10.9. The van der Waals surface area contributed by atoms with Gasteiger partial charge in [0.2, 0.25) is 0 Å². The van der Waals surface area contributed by atoms with E-state index in [0.29, 0.717) is 0 Å². The summed E-state index contributed by atoms with van der Waals surface area (Å²) in [5.41, 5.74) is 0. The van der Waals surface area contributed by atoms with E-state index in [1.54, 1.807) is 6.92 Å². The average Bonchev–Trinajstić information content (AvgIpc) is 2.03. The maximum absolute atomic E-state index is 11.0. The average molecular weight is 175 g/mol. The summed E-state index contributed by atoms with van der Waals surface area (Å²) in [5.74, 6) is -0.956. The molecule has 0 rings (SSSR count). The predicted molar refractivity (Wildman–Crippen MR) is 41.0 cm³/mol. The second kappa shape index (κ2) is 5.54. The molecule has 0 unspecified atom stereocenters. The number of nitrogens with zero attached hydrogens (tertiary/aromatic N) is 1. The minimum Gasteiger partial charge on any atom is -0.466 e. The summed E-state index contributed by atoms with van der Waals surface area (Å²) in [6.45, 7) is 1.96. The van der Waals surface area contributed by atoms with Crippen molar-refractivity contribution in [2.24, 2.45) is 0 Å². The Kier molecular flexibility index (Phi) is 5.03. The molecular weight excluding hydrogens is 162 g/mol. The van der Waals surface area contributed by atoms with Crippen LogP contribution in [0.5, 0.6) is 0 Å². The van der Waals surface area contributed by atoms with Gasteiger partial charge in [-0.05, 0) is 6.92 Å². The van der Waals surface area contributed by atoms with Gasteiger partial charge in [0.15, 0.2) is 0 Å². The van der Waals surface area contributed by atoms with Crippen molar-refractivity contribution in [3.05, 3.63) is 0 Å². The third-order valence-electron chi connectivity index (χ3n) is 1.23. The number of hydroxylamine groups is 2. The standard InChI is InChI=1S/C7H13NO4/c1-4-12-7(10)5-6(9)8(2)11-3/h4-5H2,1-3H3. The zero-order chi connectivity index (χ0) is 9.56. The molecule has 0 atom stereocenters. The lowest BCUT2D eigenvalue weighted by atomic mass is 10.4. The van der Waals surface area contributed by atoms with E-state index in [1.165, 1.54) is 14.2 Å². The van der Waals surface area contributed by atoms with Crippen LogP contribution in [0.4, 0.5) is 0 Å². The van der Waals surface area contributed by atoms with Crippen molar-refractivity contribution in [1.82, 2.24) is 5.06 Å². The van der Waals surface area contributed by atoms with Crippen molar-refractivity contribution in [2.75, 3.05) is 20.8 Å². The van der Waals surface area contributed by atoms with Gasteiger partial charge in [0, 0.05) is 7.05 Å². The van der Waals surface area contributed by atoms with Gasteiger partial charge in [0.05, 0.1) is 13.7 Å². The molecule has 5 nitrogen and oxygen atoms in total. The Bertz CT molecular complexity index is 169. The number of hydrogen-bond donors (Lipinski definition) is 0. The number of amides is 1. The zero-order valence-corrected chi connectivity index (χ0v) is 7.49. The second-order valence-corrected chi connectivity index (χ2v) is 2.06. The molecule has 0 aliphatic carbocycles. The van der Waals surface area contributed by atoms with Crippen LogP contribution in [-0.2, 0) is 19.2 Å². The summed E-state index contributed by atoms with van der Waals surface area (Å²) >= 11 is 0. The molecule has 1 amide bonds. The maximum atomic E-state index is 11.0. The van der Waals surface area contributed by atoms with Gasteiger partial charge in [-0.15, -0.1) is 0 Å². The van der Waals surface area contributed by atoms with Crippen molar-refractivity contribution in [3.8, 4) is 0 Å². The lowest BCUT2D eigenvalue weighted by Gasteiger charge is -2.12. The van der Waals surface area contributed by atoms with Gasteiger partial charge in [-0.3, -0.25) is 14.4 Å². The molecule has 0 bridgehead atoms. The minimum absolute atomic E-state index is 0.280. The summed E-state index contributed by atoms with van der Waals surface area (Å²) in [5, 5.41) is 0.983. The molecule has 0 saturated carbocycles. The molecule has 0 radical (unpaired) electrons. The molecule has 12 heavy (non-hydrogen) atoms. The molecule has 0 fully saturated rings. The first-order valence-corrected chi connectivity index (χ1v) is 3.58. The van der Waals surface area contributed by atoms with Crippen LogP contribution in [0.15, 0.2) is 0 Å². The Hall–Kier alpha value is -1.10. The molecule has 5 heteroatoms. The first-order chi connectivity index (χ1) is 5.61. The first-order valence-electron chi connectivity index (χ1n) is 3.58. The quantitative estimate of drug-likeness (QED) is 0.342. The number of esters is 1. The molecule has 0 aromatic heterocycles. The Morgan fingerprint density at radius 2 is 2.00 bits per heavy atom. The lowest BCUT2D eigenvalue weighted by molar-refractivity contribution is -0.172. The summed E-state index contributed by atoms with van der Waals surface area (Å²) in [7, 11) is 2.78. The van der Waals surface area contributed by atoms with E-state index in [9.17, 15) is 9.59 Å². The Morgan fingerprint density at radius 3 is 2.42 bits per heavy atom. The van der Waals surface area contributed by atoms with Crippen molar-refractivity contribution < 1.29 is 19.2 Å². The smallest absolute Gasteiger partial charge is 0.315 e. The lowest BCUT2D eigenvalue weighted by Crippen LogP contribution is -2.28. The van der Waals surface area contributed by atoms with Gasteiger partial charge >= 0.3 is 5.97 Å². The molecule has 0 N–H and O–H groups in total. The Morgan fingerprint density at radius 1 is 1.42 bits per heavy atom. The van der Waals surface area contributed by atoms with Gasteiger partial charge in [-0.25, -0.2) is 5.06 Å². The van der Waals surface area contributed by atoms with Crippen molar-refractivity contribution in [1.29, 1.82) is 0 Å². The fraction of sp³-hybridized carbons (Fsp3) is 0.714. The zero-order valence-electron chi connectivity index (χ0n) is 7.49. The van der Waals surface area contributed by atoms with E-state index < -0.39 is 11.9 Å². The fourth-order valence-corrected chi connectivity index (χ4v) is 0.549. The number of carbonyl (C=O) groups is 2. The van der Waals surface area contributed by atoms with Crippen LogP contribution in [0.25, 0.3) is 0 Å². The molecule has 70 valence electrons. The maximum Gasteiger partial charge on any atom is 0.315 e. The van der Waals surface area contributed by atoms with E-state index >= 15 is 0 Å². The van der Waals surface area contributed by atoms with Gasteiger partial charge in [-0.1, -0.05) is 0 Å². The predicted octanol–water partition coefficient (Wildman–Crippen LogP) is -0.0406. The monoisotopic (exact) mass is 175 g/mol. The SMILES string of the molecule is CCOC(=O)CC(=O)N(C)OC. The van der Waals surface area contributed by atoms with Gasteiger partial charge < -0.3 is 4.74 Å². The molecule has 0 aliphatic heterocycles. The van der Waals surface area contributed by atoms with Crippen LogP contribution in [0.3, 0.4) is 0 Å². The van der Waals surface area contributed by atoms with Gasteiger partial charge in [-0.2, -0.15) is 0 Å². The second-order valence-electron chi connectivity index (χ2n) is 2.06. The van der Waals surface area contributed by atoms with Crippen molar-refractivity contribution in [2.45, 2.75) is 13.3 Å². The van der Waals surface area contributed by atoms with Crippen LogP contribution in [0.1, 0.15) is 13.3 Å². The van der Waals surface area contributed by atoms with Crippen LogP contribution in [-0.4, -0.2) is 37.7 Å². The minimum atomic E-state index is -0.536. The number of rotatable bonds is 4. The number of ether oxygens (including phenoxy) is 1. The van der Waals surface area contributed by atoms with Crippen molar-refractivity contribution >= 4 is 11.9 Å². The fourth-order valence-electron chi connectivity index (χ4n) is 0.549. The molecule has 0 aromatic carbocycles. The highest BCUT2D eigenvalue weighted by Gasteiger charge is 2.13. The van der Waals surface area contributed by atoms with E-state index in [1.807, 2.05) is 0 Å². The van der Waals surface area contributed by atoms with Gasteiger partial charge in [0.1, 0.15) is 6.42 Å². The summed E-state index contributed by atoms with van der Waals surface area (Å²) in [4.78, 5) is 26.3. The molecular formula is C7H13NO4. The molecule has 0 saturated heterocycles. The largest absolute Gasteiger partial charge is 0.466 e. The number of carbonyl (C=O) groups excluding carboxylic acids is 2. The summed E-state index contributed by atoms with van der Waals surface area (Å²) in [6, 6.07) is 0. The Balaban J connectivity index is 3.76.